The highest BCUT2D eigenvalue weighted by Crippen LogP contribution is 2.48. The van der Waals surface area contributed by atoms with E-state index in [4.69, 9.17) is 5.26 Å². The summed E-state index contributed by atoms with van der Waals surface area (Å²) in [6.07, 6.45) is 12.0. The largest absolute Gasteiger partial charge is 0.198 e. The van der Waals surface area contributed by atoms with Crippen LogP contribution in [0.5, 0.6) is 0 Å². The smallest absolute Gasteiger partial charge is 0.0634 e. The van der Waals surface area contributed by atoms with Gasteiger partial charge in [0.15, 0.2) is 0 Å². The highest BCUT2D eigenvalue weighted by Gasteiger charge is 2.34. The third kappa shape index (κ3) is 3.55. The fourth-order valence-corrected chi connectivity index (χ4v) is 4.40. The Morgan fingerprint density at radius 2 is 2.00 bits per heavy atom. The van der Waals surface area contributed by atoms with Gasteiger partial charge in [0, 0.05) is 21.3 Å². The van der Waals surface area contributed by atoms with Crippen LogP contribution in [0.15, 0.2) is 33.0 Å². The van der Waals surface area contributed by atoms with Crippen LogP contribution in [0, 0.1) is 22.7 Å². The van der Waals surface area contributed by atoms with E-state index in [0.717, 1.165) is 25.7 Å². The highest BCUT2D eigenvalue weighted by atomic mass is 127. The summed E-state index contributed by atoms with van der Waals surface area (Å²) < 4.78 is 1.40. The number of rotatable bonds is 6. The molecule has 20 heavy (non-hydrogen) atoms. The first-order valence-electron chi connectivity index (χ1n) is 7.73. The first-order chi connectivity index (χ1) is 9.58. The normalized spacial score (nSPS) is 25.5. The van der Waals surface area contributed by atoms with Crippen molar-refractivity contribution in [1.29, 1.82) is 5.26 Å². The minimum Gasteiger partial charge on any atom is -0.198 e. The van der Waals surface area contributed by atoms with Crippen LogP contribution < -0.4 is 0 Å². The van der Waals surface area contributed by atoms with E-state index < -0.39 is 0 Å². The molecule has 2 heteroatoms. The zero-order valence-electron chi connectivity index (χ0n) is 13.2. The molecule has 0 bridgehead atoms. The summed E-state index contributed by atoms with van der Waals surface area (Å²) >= 11 is 2.49. The third-order valence-electron chi connectivity index (χ3n) is 4.47. The summed E-state index contributed by atoms with van der Waals surface area (Å²) in [5.74, 6) is 0.431. The predicted molar refractivity (Wildman–Crippen MR) is 95.6 cm³/mol. The van der Waals surface area contributed by atoms with Crippen LogP contribution in [0.3, 0.4) is 0 Å². The molecule has 1 nitrogen and oxygen atoms in total. The molecular weight excluding hydrogens is 357 g/mol. The fraction of sp³-hybridized carbons (Fsp3) is 0.611. The minimum atomic E-state index is -0.0381. The van der Waals surface area contributed by atoms with Gasteiger partial charge in [0.2, 0.25) is 0 Å². The van der Waals surface area contributed by atoms with Gasteiger partial charge in [0.05, 0.1) is 6.07 Å². The SMILES string of the molecule is CCC(=C[C@@H]1C=C[C@](CC)(CC#N)C(I)=C1CC)CC. The predicted octanol–water partition coefficient (Wildman–Crippen LogP) is 6.33. The summed E-state index contributed by atoms with van der Waals surface area (Å²) in [7, 11) is 0. The van der Waals surface area contributed by atoms with Gasteiger partial charge in [0.25, 0.3) is 0 Å². The average molecular weight is 383 g/mol. The second kappa shape index (κ2) is 8.02. The first-order valence-corrected chi connectivity index (χ1v) is 8.81. The number of nitrogens with zero attached hydrogens (tertiary/aromatic N) is 1. The quantitative estimate of drug-likeness (QED) is 0.388. The van der Waals surface area contributed by atoms with Crippen LogP contribution in [0.1, 0.15) is 59.8 Å². The number of allylic oxidation sites excluding steroid dienone is 6. The van der Waals surface area contributed by atoms with Gasteiger partial charge in [-0.15, -0.1) is 0 Å². The van der Waals surface area contributed by atoms with Crippen LogP contribution in [0.2, 0.25) is 0 Å². The van der Waals surface area contributed by atoms with Gasteiger partial charge in [-0.3, -0.25) is 0 Å². The Bertz CT molecular complexity index is 458. The van der Waals surface area contributed by atoms with E-state index in [9.17, 15) is 0 Å². The fourth-order valence-electron chi connectivity index (χ4n) is 2.91. The van der Waals surface area contributed by atoms with E-state index >= 15 is 0 Å². The topological polar surface area (TPSA) is 23.8 Å². The van der Waals surface area contributed by atoms with Crippen molar-refractivity contribution in [2.24, 2.45) is 11.3 Å². The van der Waals surface area contributed by atoms with Crippen LogP contribution >= 0.6 is 22.6 Å². The Balaban J connectivity index is 3.22. The van der Waals surface area contributed by atoms with E-state index in [1.54, 1.807) is 0 Å². The Labute approximate surface area is 138 Å². The number of nitriles is 1. The van der Waals surface area contributed by atoms with E-state index in [-0.39, 0.29) is 5.41 Å². The van der Waals surface area contributed by atoms with Crippen LogP contribution in [-0.4, -0.2) is 0 Å². The molecule has 0 heterocycles. The molecular formula is C18H26IN. The lowest BCUT2D eigenvalue weighted by Crippen LogP contribution is -2.23. The van der Waals surface area contributed by atoms with Gasteiger partial charge in [-0.1, -0.05) is 51.5 Å². The Morgan fingerprint density at radius 3 is 2.45 bits per heavy atom. The van der Waals surface area contributed by atoms with Crippen molar-refractivity contribution in [3.05, 3.63) is 33.0 Å². The molecule has 0 spiro atoms. The van der Waals surface area contributed by atoms with Gasteiger partial charge in [-0.05, 0) is 53.8 Å². The lowest BCUT2D eigenvalue weighted by Gasteiger charge is -2.35. The molecule has 1 aliphatic carbocycles. The molecule has 0 radical (unpaired) electrons. The van der Waals surface area contributed by atoms with Crippen molar-refractivity contribution in [3.8, 4) is 6.07 Å². The number of hydrogen-bond donors (Lipinski definition) is 0. The van der Waals surface area contributed by atoms with E-state index in [1.807, 2.05) is 0 Å². The van der Waals surface area contributed by atoms with Crippen molar-refractivity contribution in [3.63, 3.8) is 0 Å². The molecule has 0 aromatic carbocycles. The molecule has 0 fully saturated rings. The van der Waals surface area contributed by atoms with Crippen molar-refractivity contribution in [1.82, 2.24) is 0 Å². The Morgan fingerprint density at radius 1 is 1.35 bits per heavy atom. The number of halogens is 1. The molecule has 0 saturated heterocycles. The minimum absolute atomic E-state index is 0.0381. The lowest BCUT2D eigenvalue weighted by atomic mass is 9.73. The summed E-state index contributed by atoms with van der Waals surface area (Å²) in [6.45, 7) is 8.88. The van der Waals surface area contributed by atoms with Crippen LogP contribution in [0.4, 0.5) is 0 Å². The van der Waals surface area contributed by atoms with Gasteiger partial charge < -0.3 is 0 Å². The summed E-state index contributed by atoms with van der Waals surface area (Å²) in [5, 5.41) is 9.16. The van der Waals surface area contributed by atoms with Gasteiger partial charge in [-0.2, -0.15) is 5.26 Å². The summed E-state index contributed by atoms with van der Waals surface area (Å²) in [5.41, 5.74) is 2.99. The third-order valence-corrected chi connectivity index (χ3v) is 6.24. The molecule has 0 unspecified atom stereocenters. The molecule has 0 N–H and O–H groups in total. The van der Waals surface area contributed by atoms with Crippen molar-refractivity contribution < 1.29 is 0 Å². The monoisotopic (exact) mass is 383 g/mol. The molecule has 0 aromatic rings. The van der Waals surface area contributed by atoms with E-state index in [0.29, 0.717) is 12.3 Å². The summed E-state index contributed by atoms with van der Waals surface area (Å²) in [4.78, 5) is 0. The van der Waals surface area contributed by atoms with Gasteiger partial charge in [-0.25, -0.2) is 0 Å². The molecule has 1 aliphatic rings. The molecule has 1 rings (SSSR count). The molecule has 0 aliphatic heterocycles. The Hall–Kier alpha value is -0.560. The maximum atomic E-state index is 9.16. The standard InChI is InChI=1S/C18H26IN/c1-5-14(6-2)13-15-9-10-18(8-4,11-12-20)17(19)16(15)7-3/h9-10,13,15H,5-8,11H2,1-4H3/t15-,18+/m0/s1. The van der Waals surface area contributed by atoms with Crippen LogP contribution in [0.25, 0.3) is 0 Å². The van der Waals surface area contributed by atoms with Crippen molar-refractivity contribution in [2.75, 3.05) is 0 Å². The van der Waals surface area contributed by atoms with Crippen LogP contribution in [-0.2, 0) is 0 Å². The summed E-state index contributed by atoms with van der Waals surface area (Å²) in [6, 6.07) is 2.38. The lowest BCUT2D eigenvalue weighted by molar-refractivity contribution is 0.462. The maximum Gasteiger partial charge on any atom is 0.0634 e. The highest BCUT2D eigenvalue weighted by molar-refractivity contribution is 14.1. The van der Waals surface area contributed by atoms with Crippen molar-refractivity contribution >= 4 is 22.6 Å². The van der Waals surface area contributed by atoms with Crippen molar-refractivity contribution in [2.45, 2.75) is 59.8 Å². The van der Waals surface area contributed by atoms with E-state index in [2.05, 4.69) is 74.6 Å². The molecule has 0 saturated carbocycles. The molecule has 0 aromatic heterocycles. The van der Waals surface area contributed by atoms with Gasteiger partial charge >= 0.3 is 0 Å². The number of hydrogen-bond acceptors (Lipinski definition) is 1. The molecule has 2 atom stereocenters. The average Bonchev–Trinajstić information content (AvgIpc) is 2.47. The maximum absolute atomic E-state index is 9.16. The molecule has 110 valence electrons. The Kier molecular flexibility index (Phi) is 7.02. The second-order valence-corrected chi connectivity index (χ2v) is 6.53. The van der Waals surface area contributed by atoms with E-state index in [1.165, 1.54) is 14.7 Å². The zero-order chi connectivity index (χ0) is 15.2. The first kappa shape index (κ1) is 17.5. The molecule has 0 amide bonds. The second-order valence-electron chi connectivity index (χ2n) is 5.45. The van der Waals surface area contributed by atoms with Gasteiger partial charge in [0.1, 0.15) is 0 Å². The zero-order valence-corrected chi connectivity index (χ0v) is 15.3.